The summed E-state index contributed by atoms with van der Waals surface area (Å²) in [5.41, 5.74) is 3.78. The van der Waals surface area contributed by atoms with Crippen LogP contribution in [0.3, 0.4) is 0 Å². The summed E-state index contributed by atoms with van der Waals surface area (Å²) in [6.45, 7) is 12.6. The lowest BCUT2D eigenvalue weighted by atomic mass is 9.82. The molecule has 0 aromatic carbocycles. The maximum Gasteiger partial charge on any atom is 0.185 e. The van der Waals surface area contributed by atoms with Crippen molar-refractivity contribution < 1.29 is 19.1 Å². The van der Waals surface area contributed by atoms with Crippen LogP contribution >= 0.6 is 0 Å². The van der Waals surface area contributed by atoms with Gasteiger partial charge in [0.15, 0.2) is 11.6 Å². The average molecular weight is 445 g/mol. The molecule has 0 saturated carbocycles. The van der Waals surface area contributed by atoms with Crippen LogP contribution < -0.4 is 0 Å². The minimum atomic E-state index is -0.893. The van der Waals surface area contributed by atoms with E-state index < -0.39 is 5.60 Å². The van der Waals surface area contributed by atoms with Crippen molar-refractivity contribution in [1.29, 1.82) is 0 Å². The predicted molar refractivity (Wildman–Crippen MR) is 131 cm³/mol. The molecule has 0 amide bonds. The van der Waals surface area contributed by atoms with E-state index in [1.807, 2.05) is 0 Å². The van der Waals surface area contributed by atoms with Crippen LogP contribution in [0.25, 0.3) is 0 Å². The lowest BCUT2D eigenvalue weighted by molar-refractivity contribution is -0.116. The summed E-state index contributed by atoms with van der Waals surface area (Å²) in [6.07, 6.45) is 11.8. The number of carbonyl (C=O) groups is 2. The van der Waals surface area contributed by atoms with Crippen molar-refractivity contribution in [2.24, 2.45) is 0 Å². The molecule has 0 heterocycles. The van der Waals surface area contributed by atoms with E-state index in [9.17, 15) is 19.1 Å². The molecule has 0 aromatic rings. The molecule has 4 heteroatoms. The van der Waals surface area contributed by atoms with Gasteiger partial charge in [0, 0.05) is 22.3 Å². The van der Waals surface area contributed by atoms with Crippen LogP contribution in [0.2, 0.25) is 0 Å². The van der Waals surface area contributed by atoms with Crippen LogP contribution in [0.4, 0.5) is 4.39 Å². The minimum Gasteiger partial charge on any atom is -0.390 e. The molecule has 0 unspecified atom stereocenters. The minimum absolute atomic E-state index is 0.0615. The molecule has 1 aliphatic rings. The van der Waals surface area contributed by atoms with E-state index in [0.717, 1.165) is 32.1 Å². The fourth-order valence-corrected chi connectivity index (χ4v) is 3.85. The van der Waals surface area contributed by atoms with Crippen molar-refractivity contribution in [2.45, 2.75) is 105 Å². The molecule has 32 heavy (non-hydrogen) atoms. The third-order valence-corrected chi connectivity index (χ3v) is 6.40. The standard InChI is InChI=1S/C28H41FO3/c1-19(13-9-15-21(3)29)11-8-12-20(2)14-10-17-28(7,32)18-16-25-24(6)26(30)22(4)23(5)27(25)31/h11,14-15,32H,8-10,12-13,16-18H2,1-7H3/b19-11+,20-14+,21-15-/t28-/m0/s1. The maximum absolute atomic E-state index is 12.7. The van der Waals surface area contributed by atoms with Crippen LogP contribution in [0.15, 0.2) is 57.5 Å². The van der Waals surface area contributed by atoms with Gasteiger partial charge in [-0.05, 0) is 99.8 Å². The van der Waals surface area contributed by atoms with Gasteiger partial charge in [-0.2, -0.15) is 0 Å². The largest absolute Gasteiger partial charge is 0.390 e. The number of ketones is 2. The molecule has 0 aliphatic heterocycles. The van der Waals surface area contributed by atoms with Gasteiger partial charge in [-0.1, -0.05) is 29.4 Å². The van der Waals surface area contributed by atoms with E-state index in [1.54, 1.807) is 33.8 Å². The second kappa shape index (κ2) is 12.8. The Morgan fingerprint density at radius 1 is 0.812 bits per heavy atom. The maximum atomic E-state index is 12.7. The summed E-state index contributed by atoms with van der Waals surface area (Å²) in [4.78, 5) is 24.9. The highest BCUT2D eigenvalue weighted by Gasteiger charge is 2.29. The first-order chi connectivity index (χ1) is 14.9. The summed E-state index contributed by atoms with van der Waals surface area (Å²) < 4.78 is 12.7. The zero-order chi connectivity index (χ0) is 24.5. The predicted octanol–water partition coefficient (Wildman–Crippen LogP) is 7.43. The third-order valence-electron chi connectivity index (χ3n) is 6.40. The lowest BCUT2D eigenvalue weighted by Gasteiger charge is -2.25. The van der Waals surface area contributed by atoms with Crippen LogP contribution in [0.5, 0.6) is 0 Å². The van der Waals surface area contributed by atoms with E-state index in [4.69, 9.17) is 0 Å². The first kappa shape index (κ1) is 28.0. The fourth-order valence-electron chi connectivity index (χ4n) is 3.85. The van der Waals surface area contributed by atoms with Crippen molar-refractivity contribution in [3.8, 4) is 0 Å². The van der Waals surface area contributed by atoms with Gasteiger partial charge in [-0.15, -0.1) is 0 Å². The number of hydrogen-bond donors (Lipinski definition) is 1. The summed E-state index contributed by atoms with van der Waals surface area (Å²) in [5.74, 6) is -0.251. The lowest BCUT2D eigenvalue weighted by Crippen LogP contribution is -2.26. The van der Waals surface area contributed by atoms with E-state index in [-0.39, 0.29) is 17.4 Å². The van der Waals surface area contributed by atoms with Gasteiger partial charge in [0.2, 0.25) is 0 Å². The Hall–Kier alpha value is -2.07. The van der Waals surface area contributed by atoms with E-state index >= 15 is 0 Å². The van der Waals surface area contributed by atoms with Crippen LogP contribution in [-0.2, 0) is 9.59 Å². The van der Waals surface area contributed by atoms with Gasteiger partial charge in [0.25, 0.3) is 0 Å². The highest BCUT2D eigenvalue weighted by molar-refractivity contribution is 6.24. The highest BCUT2D eigenvalue weighted by Crippen LogP contribution is 2.30. The molecule has 0 aromatic heterocycles. The molecule has 178 valence electrons. The van der Waals surface area contributed by atoms with Crippen molar-refractivity contribution in [1.82, 2.24) is 0 Å². The number of rotatable bonds is 12. The van der Waals surface area contributed by atoms with Gasteiger partial charge in [0.1, 0.15) is 0 Å². The number of hydrogen-bond acceptors (Lipinski definition) is 3. The molecular formula is C28H41FO3. The molecule has 1 N–H and O–H groups in total. The van der Waals surface area contributed by atoms with Crippen LogP contribution in [0.1, 0.15) is 99.8 Å². The Balaban J connectivity index is 2.49. The number of aliphatic hydroxyl groups is 1. The number of halogens is 1. The van der Waals surface area contributed by atoms with Crippen molar-refractivity contribution in [3.05, 3.63) is 57.5 Å². The summed E-state index contributed by atoms with van der Waals surface area (Å²) in [7, 11) is 0. The average Bonchev–Trinajstić information content (AvgIpc) is 2.70. The Bertz CT molecular complexity index is 859. The highest BCUT2D eigenvalue weighted by atomic mass is 19.1. The first-order valence-electron chi connectivity index (χ1n) is 11.7. The first-order valence-corrected chi connectivity index (χ1v) is 11.7. The summed E-state index contributed by atoms with van der Waals surface area (Å²) >= 11 is 0. The molecule has 0 bridgehead atoms. The van der Waals surface area contributed by atoms with E-state index in [2.05, 4.69) is 26.0 Å². The quantitative estimate of drug-likeness (QED) is 0.251. The fraction of sp³-hybridized carbons (Fsp3) is 0.571. The van der Waals surface area contributed by atoms with Crippen molar-refractivity contribution in [3.63, 3.8) is 0 Å². The number of carbonyl (C=O) groups excluding carboxylic acids is 2. The zero-order valence-electron chi connectivity index (χ0n) is 21.0. The Morgan fingerprint density at radius 2 is 1.31 bits per heavy atom. The summed E-state index contributed by atoms with van der Waals surface area (Å²) in [6, 6.07) is 0. The van der Waals surface area contributed by atoms with Crippen molar-refractivity contribution >= 4 is 11.6 Å². The molecule has 0 radical (unpaired) electrons. The second-order valence-corrected chi connectivity index (χ2v) is 9.52. The SMILES string of the molecule is CC1=C(C)C(=O)C(CC[C@@](C)(O)CC/C=C(\C)CC/C=C(\C)CC/C=C(/C)F)=C(C)C1=O. The van der Waals surface area contributed by atoms with Gasteiger partial charge in [-0.3, -0.25) is 9.59 Å². The molecular weight excluding hydrogens is 403 g/mol. The smallest absolute Gasteiger partial charge is 0.185 e. The van der Waals surface area contributed by atoms with Crippen LogP contribution in [-0.4, -0.2) is 22.3 Å². The molecule has 0 saturated heterocycles. The third kappa shape index (κ3) is 9.20. The van der Waals surface area contributed by atoms with Gasteiger partial charge < -0.3 is 5.11 Å². The Labute approximate surface area is 193 Å². The topological polar surface area (TPSA) is 54.4 Å². The van der Waals surface area contributed by atoms with Gasteiger partial charge >= 0.3 is 0 Å². The Morgan fingerprint density at radius 3 is 1.88 bits per heavy atom. The second-order valence-electron chi connectivity index (χ2n) is 9.52. The number of allylic oxidation sites excluding steroid dienone is 10. The molecule has 0 fully saturated rings. The monoisotopic (exact) mass is 444 g/mol. The Kier molecular flexibility index (Phi) is 11.2. The molecule has 1 rings (SSSR count). The van der Waals surface area contributed by atoms with Gasteiger partial charge in [0.05, 0.1) is 11.4 Å². The zero-order valence-corrected chi connectivity index (χ0v) is 21.0. The number of Topliss-reactive ketones (excluding diaryl/α,β-unsaturated/α-hetero) is 2. The van der Waals surface area contributed by atoms with Crippen LogP contribution in [0, 0.1) is 0 Å². The molecule has 3 nitrogen and oxygen atoms in total. The molecule has 0 spiro atoms. The van der Waals surface area contributed by atoms with Gasteiger partial charge in [-0.25, -0.2) is 4.39 Å². The summed E-state index contributed by atoms with van der Waals surface area (Å²) in [5, 5.41) is 10.8. The molecule has 1 aliphatic carbocycles. The van der Waals surface area contributed by atoms with Crippen molar-refractivity contribution in [2.75, 3.05) is 0 Å². The normalized spacial score (nSPS) is 18.6. The van der Waals surface area contributed by atoms with E-state index in [0.29, 0.717) is 41.6 Å². The van der Waals surface area contributed by atoms with E-state index in [1.165, 1.54) is 18.1 Å². The molecule has 1 atom stereocenters.